The molecule has 0 saturated carbocycles. The Hall–Kier alpha value is -1.29. The summed E-state index contributed by atoms with van der Waals surface area (Å²) < 4.78 is 3.06. The average Bonchev–Trinajstić information content (AvgIpc) is 2.55. The van der Waals surface area contributed by atoms with Crippen LogP contribution in [0.15, 0.2) is 27.7 Å². The number of nitrogens with zero attached hydrogens (tertiary/aromatic N) is 2. The van der Waals surface area contributed by atoms with Gasteiger partial charge in [0.2, 0.25) is 0 Å². The molecule has 0 fully saturated rings. The van der Waals surface area contributed by atoms with Gasteiger partial charge in [0, 0.05) is 28.5 Å². The second-order valence-electron chi connectivity index (χ2n) is 4.10. The van der Waals surface area contributed by atoms with E-state index in [2.05, 4.69) is 32.4 Å². The van der Waals surface area contributed by atoms with E-state index in [9.17, 15) is 5.11 Å². The first kappa shape index (κ1) is 9.90. The molecule has 1 atom stereocenters. The minimum atomic E-state index is 0.277. The summed E-state index contributed by atoms with van der Waals surface area (Å²) in [6.07, 6.45) is 2.78. The lowest BCUT2D eigenvalue weighted by molar-refractivity contribution is 0.475. The van der Waals surface area contributed by atoms with Crippen LogP contribution in [0.1, 0.15) is 19.4 Å². The third kappa shape index (κ3) is 1.23. The molecule has 1 aromatic heterocycles. The summed E-state index contributed by atoms with van der Waals surface area (Å²) >= 11 is 3.42. The molecule has 0 saturated heterocycles. The number of aliphatic imine (C=N–C) groups is 1. The monoisotopic (exact) mass is 278 g/mol. The minimum Gasteiger partial charge on any atom is -0.504 e. The van der Waals surface area contributed by atoms with E-state index in [1.807, 2.05) is 24.4 Å². The van der Waals surface area contributed by atoms with E-state index in [1.54, 1.807) is 0 Å². The molecule has 1 aromatic carbocycles. The van der Waals surface area contributed by atoms with Gasteiger partial charge in [0.25, 0.3) is 0 Å². The second kappa shape index (κ2) is 3.35. The maximum atomic E-state index is 10.1. The van der Waals surface area contributed by atoms with Crippen molar-refractivity contribution in [1.82, 2.24) is 4.57 Å². The molecular weight excluding hydrogens is 268 g/mol. The standard InChI is InChI=1S/C12H11BrN2O/c1-7-4-5-14-12-11(16)9-6-8(13)2-3-10(9)15(7)12/h2-3,5-7,16H,4H2,1H3. The SMILES string of the molecule is CC1CC=Nc2c(O)c3cc(Br)ccc3n21. The van der Waals surface area contributed by atoms with Crippen molar-refractivity contribution in [2.75, 3.05) is 0 Å². The second-order valence-corrected chi connectivity index (χ2v) is 5.02. The summed E-state index contributed by atoms with van der Waals surface area (Å²) in [5, 5.41) is 11.0. The molecule has 2 heterocycles. The normalized spacial score (nSPS) is 19.0. The smallest absolute Gasteiger partial charge is 0.176 e. The van der Waals surface area contributed by atoms with E-state index < -0.39 is 0 Å². The predicted molar refractivity (Wildman–Crippen MR) is 68.8 cm³/mol. The van der Waals surface area contributed by atoms with E-state index in [-0.39, 0.29) is 5.75 Å². The van der Waals surface area contributed by atoms with Crippen LogP contribution in [-0.2, 0) is 0 Å². The average molecular weight is 279 g/mol. The zero-order valence-electron chi connectivity index (χ0n) is 8.81. The Labute approximate surface area is 102 Å². The highest BCUT2D eigenvalue weighted by Crippen LogP contribution is 2.43. The highest BCUT2D eigenvalue weighted by atomic mass is 79.9. The Bertz CT molecular complexity index is 601. The van der Waals surface area contributed by atoms with Crippen molar-refractivity contribution in [2.24, 2.45) is 4.99 Å². The molecule has 1 aliphatic heterocycles. The van der Waals surface area contributed by atoms with E-state index >= 15 is 0 Å². The Balaban J connectivity index is 2.45. The van der Waals surface area contributed by atoms with Crippen LogP contribution in [0.5, 0.6) is 5.75 Å². The van der Waals surface area contributed by atoms with E-state index in [4.69, 9.17) is 0 Å². The molecular formula is C12H11BrN2O. The Morgan fingerprint density at radius 3 is 3.12 bits per heavy atom. The van der Waals surface area contributed by atoms with Crippen molar-refractivity contribution < 1.29 is 5.11 Å². The highest BCUT2D eigenvalue weighted by Gasteiger charge is 2.21. The van der Waals surface area contributed by atoms with Gasteiger partial charge < -0.3 is 9.67 Å². The van der Waals surface area contributed by atoms with Crippen molar-refractivity contribution in [2.45, 2.75) is 19.4 Å². The molecule has 16 heavy (non-hydrogen) atoms. The van der Waals surface area contributed by atoms with Gasteiger partial charge in [0.15, 0.2) is 11.6 Å². The lowest BCUT2D eigenvalue weighted by Gasteiger charge is -2.18. The minimum absolute atomic E-state index is 0.277. The van der Waals surface area contributed by atoms with Gasteiger partial charge in [0.05, 0.1) is 5.52 Å². The van der Waals surface area contributed by atoms with Crippen molar-refractivity contribution in [1.29, 1.82) is 0 Å². The Kier molecular flexibility index (Phi) is 2.07. The summed E-state index contributed by atoms with van der Waals surface area (Å²) in [5.41, 5.74) is 1.04. The van der Waals surface area contributed by atoms with Crippen LogP contribution in [0.4, 0.5) is 5.82 Å². The molecule has 1 aliphatic rings. The van der Waals surface area contributed by atoms with Crippen LogP contribution in [0.2, 0.25) is 0 Å². The fourth-order valence-corrected chi connectivity index (χ4v) is 2.58. The van der Waals surface area contributed by atoms with Crippen LogP contribution in [0, 0.1) is 0 Å². The third-order valence-electron chi connectivity index (χ3n) is 3.01. The van der Waals surface area contributed by atoms with E-state index in [1.165, 1.54) is 0 Å². The first-order chi connectivity index (χ1) is 7.68. The van der Waals surface area contributed by atoms with Gasteiger partial charge in [-0.05, 0) is 25.1 Å². The Morgan fingerprint density at radius 1 is 1.50 bits per heavy atom. The maximum Gasteiger partial charge on any atom is 0.176 e. The molecule has 0 spiro atoms. The molecule has 1 N–H and O–H groups in total. The molecule has 0 aliphatic carbocycles. The first-order valence-corrected chi connectivity index (χ1v) is 6.02. The van der Waals surface area contributed by atoms with Crippen molar-refractivity contribution in [3.05, 3.63) is 22.7 Å². The van der Waals surface area contributed by atoms with Crippen LogP contribution < -0.4 is 0 Å². The molecule has 3 nitrogen and oxygen atoms in total. The molecule has 3 rings (SSSR count). The van der Waals surface area contributed by atoms with Gasteiger partial charge in [-0.3, -0.25) is 0 Å². The number of fused-ring (bicyclic) bond motifs is 3. The van der Waals surface area contributed by atoms with Gasteiger partial charge in [-0.25, -0.2) is 4.99 Å². The molecule has 82 valence electrons. The Morgan fingerprint density at radius 2 is 2.31 bits per heavy atom. The molecule has 1 unspecified atom stereocenters. The number of aromatic hydroxyl groups is 1. The predicted octanol–water partition coefficient (Wildman–Crippen LogP) is 3.78. The highest BCUT2D eigenvalue weighted by molar-refractivity contribution is 9.10. The number of hydrogen-bond donors (Lipinski definition) is 1. The zero-order chi connectivity index (χ0) is 11.3. The van der Waals surface area contributed by atoms with Crippen molar-refractivity contribution in [3.63, 3.8) is 0 Å². The van der Waals surface area contributed by atoms with Crippen LogP contribution in [-0.4, -0.2) is 15.9 Å². The summed E-state index contributed by atoms with van der Waals surface area (Å²) in [6.45, 7) is 2.13. The van der Waals surface area contributed by atoms with Crippen LogP contribution >= 0.6 is 15.9 Å². The molecule has 0 amide bonds. The maximum absolute atomic E-state index is 10.1. The number of aromatic nitrogens is 1. The number of halogens is 1. The number of hydrogen-bond acceptors (Lipinski definition) is 2. The van der Waals surface area contributed by atoms with Gasteiger partial charge in [0.1, 0.15) is 0 Å². The van der Waals surface area contributed by atoms with Gasteiger partial charge in [-0.2, -0.15) is 0 Å². The van der Waals surface area contributed by atoms with Crippen molar-refractivity contribution in [3.8, 4) is 5.75 Å². The van der Waals surface area contributed by atoms with Gasteiger partial charge in [-0.15, -0.1) is 0 Å². The molecule has 4 heteroatoms. The lowest BCUT2D eigenvalue weighted by Crippen LogP contribution is -2.08. The third-order valence-corrected chi connectivity index (χ3v) is 3.51. The molecule has 0 radical (unpaired) electrons. The fourth-order valence-electron chi connectivity index (χ4n) is 2.22. The topological polar surface area (TPSA) is 37.5 Å². The zero-order valence-corrected chi connectivity index (χ0v) is 10.4. The van der Waals surface area contributed by atoms with E-state index in [0.29, 0.717) is 11.9 Å². The first-order valence-electron chi connectivity index (χ1n) is 5.23. The molecule has 2 aromatic rings. The fraction of sp³-hybridized carbons (Fsp3) is 0.250. The van der Waals surface area contributed by atoms with Crippen LogP contribution in [0.3, 0.4) is 0 Å². The summed E-state index contributed by atoms with van der Waals surface area (Å²) in [4.78, 5) is 4.28. The number of rotatable bonds is 0. The van der Waals surface area contributed by atoms with E-state index in [0.717, 1.165) is 21.8 Å². The van der Waals surface area contributed by atoms with Gasteiger partial charge in [-0.1, -0.05) is 15.9 Å². The summed E-state index contributed by atoms with van der Waals surface area (Å²) in [5.74, 6) is 0.950. The largest absolute Gasteiger partial charge is 0.504 e. The summed E-state index contributed by atoms with van der Waals surface area (Å²) in [7, 11) is 0. The lowest BCUT2D eigenvalue weighted by atomic mass is 10.2. The quantitative estimate of drug-likeness (QED) is 0.783. The van der Waals surface area contributed by atoms with Crippen LogP contribution in [0.25, 0.3) is 10.9 Å². The molecule has 0 bridgehead atoms. The number of benzene rings is 1. The van der Waals surface area contributed by atoms with Crippen molar-refractivity contribution >= 4 is 38.9 Å². The summed E-state index contributed by atoms with van der Waals surface area (Å²) in [6, 6.07) is 6.27. The van der Waals surface area contributed by atoms with Gasteiger partial charge >= 0.3 is 0 Å².